The van der Waals surface area contributed by atoms with Gasteiger partial charge in [-0.3, -0.25) is 4.90 Å². The van der Waals surface area contributed by atoms with E-state index in [4.69, 9.17) is 21.1 Å². The van der Waals surface area contributed by atoms with E-state index in [9.17, 15) is 5.11 Å². The van der Waals surface area contributed by atoms with Crippen LogP contribution in [0.5, 0.6) is 11.5 Å². The molecule has 1 N–H and O–H groups in total. The minimum absolute atomic E-state index is 0.252. The summed E-state index contributed by atoms with van der Waals surface area (Å²) in [6.07, 6.45) is -0.584. The predicted molar refractivity (Wildman–Crippen MR) is 97.0 cm³/mol. The lowest BCUT2D eigenvalue weighted by Gasteiger charge is -2.22. The molecule has 2 aromatic carbocycles. The van der Waals surface area contributed by atoms with Crippen LogP contribution in [0.15, 0.2) is 42.5 Å². The first-order chi connectivity index (χ1) is 11.5. The first-order valence-electron chi connectivity index (χ1n) is 7.87. The number of nitrogens with zero attached hydrogens (tertiary/aromatic N) is 1. The van der Waals surface area contributed by atoms with Gasteiger partial charge in [-0.15, -0.1) is 0 Å². The third-order valence-electron chi connectivity index (χ3n) is 3.73. The number of benzene rings is 2. The van der Waals surface area contributed by atoms with Gasteiger partial charge in [0.25, 0.3) is 0 Å². The van der Waals surface area contributed by atoms with E-state index in [1.54, 1.807) is 13.2 Å². The van der Waals surface area contributed by atoms with Crippen molar-refractivity contribution >= 4 is 11.6 Å². The molecule has 130 valence electrons. The number of aliphatic hydroxyl groups is 1. The van der Waals surface area contributed by atoms with E-state index in [-0.39, 0.29) is 6.61 Å². The minimum Gasteiger partial charge on any atom is -0.496 e. The zero-order chi connectivity index (χ0) is 17.5. The van der Waals surface area contributed by atoms with Crippen molar-refractivity contribution in [3.63, 3.8) is 0 Å². The Labute approximate surface area is 148 Å². The molecule has 0 saturated heterocycles. The van der Waals surface area contributed by atoms with Crippen molar-refractivity contribution in [3.05, 3.63) is 58.6 Å². The van der Waals surface area contributed by atoms with Gasteiger partial charge in [0.1, 0.15) is 24.2 Å². The fourth-order valence-corrected chi connectivity index (χ4v) is 2.74. The van der Waals surface area contributed by atoms with E-state index in [1.165, 1.54) is 0 Å². The molecular weight excluding hydrogens is 326 g/mol. The first kappa shape index (κ1) is 18.6. The topological polar surface area (TPSA) is 41.9 Å². The monoisotopic (exact) mass is 349 g/mol. The van der Waals surface area contributed by atoms with E-state index in [1.807, 2.05) is 55.3 Å². The third kappa shape index (κ3) is 5.41. The van der Waals surface area contributed by atoms with Gasteiger partial charge in [0, 0.05) is 23.7 Å². The summed E-state index contributed by atoms with van der Waals surface area (Å²) in [6.45, 7) is 3.36. The number of aryl methyl sites for hydroxylation is 1. The van der Waals surface area contributed by atoms with Gasteiger partial charge in [0.15, 0.2) is 0 Å². The molecule has 0 radical (unpaired) electrons. The van der Waals surface area contributed by atoms with Crippen LogP contribution in [0.25, 0.3) is 0 Å². The van der Waals surface area contributed by atoms with E-state index in [0.29, 0.717) is 18.1 Å². The average molecular weight is 350 g/mol. The van der Waals surface area contributed by atoms with Crippen molar-refractivity contribution in [2.75, 3.05) is 27.3 Å². The smallest absolute Gasteiger partial charge is 0.123 e. The van der Waals surface area contributed by atoms with Crippen molar-refractivity contribution in [1.82, 2.24) is 4.90 Å². The van der Waals surface area contributed by atoms with Gasteiger partial charge in [-0.1, -0.05) is 29.8 Å². The number of hydrogen-bond acceptors (Lipinski definition) is 4. The Kier molecular flexibility index (Phi) is 6.91. The summed E-state index contributed by atoms with van der Waals surface area (Å²) in [7, 11) is 3.58. The Morgan fingerprint density at radius 3 is 2.62 bits per heavy atom. The molecule has 4 nitrogen and oxygen atoms in total. The highest BCUT2D eigenvalue weighted by Gasteiger charge is 2.12. The quantitative estimate of drug-likeness (QED) is 0.791. The van der Waals surface area contributed by atoms with Gasteiger partial charge in [-0.25, -0.2) is 0 Å². The zero-order valence-electron chi connectivity index (χ0n) is 14.3. The number of halogens is 1. The lowest BCUT2D eigenvalue weighted by molar-refractivity contribution is 0.0739. The Balaban J connectivity index is 1.87. The van der Waals surface area contributed by atoms with Crippen molar-refractivity contribution < 1.29 is 14.6 Å². The van der Waals surface area contributed by atoms with Gasteiger partial charge < -0.3 is 14.6 Å². The molecule has 0 aromatic heterocycles. The second-order valence-corrected chi connectivity index (χ2v) is 6.32. The van der Waals surface area contributed by atoms with Crippen LogP contribution in [0, 0.1) is 6.92 Å². The standard InChI is InChI=1S/C19H24ClNO3/c1-14-6-4-5-7-18(14)24-13-17(22)12-21(2)11-15-10-16(20)8-9-19(15)23-3/h4-10,17,22H,11-13H2,1-3H3. The Morgan fingerprint density at radius 2 is 1.92 bits per heavy atom. The summed E-state index contributed by atoms with van der Waals surface area (Å²) in [5, 5.41) is 10.9. The molecule has 0 aliphatic carbocycles. The molecule has 1 unspecified atom stereocenters. The Hall–Kier alpha value is -1.75. The highest BCUT2D eigenvalue weighted by molar-refractivity contribution is 6.30. The summed E-state index contributed by atoms with van der Waals surface area (Å²) in [5.41, 5.74) is 2.04. The Morgan fingerprint density at radius 1 is 1.17 bits per heavy atom. The molecule has 2 aromatic rings. The van der Waals surface area contributed by atoms with Crippen LogP contribution in [-0.4, -0.2) is 43.4 Å². The van der Waals surface area contributed by atoms with Gasteiger partial charge >= 0.3 is 0 Å². The first-order valence-corrected chi connectivity index (χ1v) is 8.25. The molecule has 5 heteroatoms. The predicted octanol–water partition coefficient (Wildman–Crippen LogP) is 3.53. The largest absolute Gasteiger partial charge is 0.496 e. The molecule has 0 heterocycles. The summed E-state index contributed by atoms with van der Waals surface area (Å²) in [6, 6.07) is 13.3. The molecule has 1 atom stereocenters. The maximum Gasteiger partial charge on any atom is 0.123 e. The molecular formula is C19H24ClNO3. The highest BCUT2D eigenvalue weighted by Crippen LogP contribution is 2.23. The lowest BCUT2D eigenvalue weighted by atomic mass is 10.2. The highest BCUT2D eigenvalue weighted by atomic mass is 35.5. The summed E-state index contributed by atoms with van der Waals surface area (Å²) in [5.74, 6) is 1.59. The van der Waals surface area contributed by atoms with Crippen molar-refractivity contribution in [1.29, 1.82) is 0 Å². The number of hydrogen-bond donors (Lipinski definition) is 1. The maximum atomic E-state index is 10.2. The van der Waals surface area contributed by atoms with Crippen molar-refractivity contribution in [2.24, 2.45) is 0 Å². The molecule has 0 spiro atoms. The normalized spacial score (nSPS) is 12.2. The molecule has 0 aliphatic rings. The molecule has 0 fully saturated rings. The number of ether oxygens (including phenoxy) is 2. The van der Waals surface area contributed by atoms with Crippen LogP contribution in [0.2, 0.25) is 5.02 Å². The SMILES string of the molecule is COc1ccc(Cl)cc1CN(C)CC(O)COc1ccccc1C. The van der Waals surface area contributed by atoms with E-state index < -0.39 is 6.10 Å². The van der Waals surface area contributed by atoms with Crippen LogP contribution in [0.4, 0.5) is 0 Å². The van der Waals surface area contributed by atoms with Gasteiger partial charge in [-0.2, -0.15) is 0 Å². The van der Waals surface area contributed by atoms with Gasteiger partial charge in [-0.05, 0) is 43.8 Å². The van der Waals surface area contributed by atoms with Gasteiger partial charge in [0.05, 0.1) is 7.11 Å². The van der Waals surface area contributed by atoms with Gasteiger partial charge in [0.2, 0.25) is 0 Å². The molecule has 0 saturated carbocycles. The summed E-state index contributed by atoms with van der Waals surface area (Å²) in [4.78, 5) is 2.01. The summed E-state index contributed by atoms with van der Waals surface area (Å²) >= 11 is 6.05. The second-order valence-electron chi connectivity index (χ2n) is 5.88. The number of methoxy groups -OCH3 is 1. The van der Waals surface area contributed by atoms with Crippen molar-refractivity contribution in [2.45, 2.75) is 19.6 Å². The number of aliphatic hydroxyl groups excluding tert-OH is 1. The van der Waals surface area contributed by atoms with E-state index in [0.717, 1.165) is 22.6 Å². The van der Waals surface area contributed by atoms with Crippen molar-refractivity contribution in [3.8, 4) is 11.5 Å². The van der Waals surface area contributed by atoms with Crippen LogP contribution >= 0.6 is 11.6 Å². The number of para-hydroxylation sites is 1. The average Bonchev–Trinajstić information content (AvgIpc) is 2.54. The number of rotatable bonds is 8. The fourth-order valence-electron chi connectivity index (χ4n) is 2.54. The lowest BCUT2D eigenvalue weighted by Crippen LogP contribution is -2.33. The fraction of sp³-hybridized carbons (Fsp3) is 0.368. The van der Waals surface area contributed by atoms with Crippen LogP contribution in [0.1, 0.15) is 11.1 Å². The van der Waals surface area contributed by atoms with Crippen LogP contribution < -0.4 is 9.47 Å². The summed E-state index contributed by atoms with van der Waals surface area (Å²) < 4.78 is 11.0. The third-order valence-corrected chi connectivity index (χ3v) is 3.97. The molecule has 2 rings (SSSR count). The van der Waals surface area contributed by atoms with Crippen LogP contribution in [0.3, 0.4) is 0 Å². The second kappa shape index (κ2) is 8.92. The molecule has 0 bridgehead atoms. The molecule has 24 heavy (non-hydrogen) atoms. The van der Waals surface area contributed by atoms with Crippen LogP contribution in [-0.2, 0) is 6.54 Å². The molecule has 0 aliphatic heterocycles. The van der Waals surface area contributed by atoms with E-state index >= 15 is 0 Å². The number of likely N-dealkylation sites (N-methyl/N-ethyl adjacent to an activating group) is 1. The minimum atomic E-state index is -0.584. The maximum absolute atomic E-state index is 10.2. The Bertz CT molecular complexity index is 663. The molecule has 0 amide bonds. The zero-order valence-corrected chi connectivity index (χ0v) is 15.1. The van der Waals surface area contributed by atoms with E-state index in [2.05, 4.69) is 0 Å².